The highest BCUT2D eigenvalue weighted by Gasteiger charge is 2.22. The molecule has 0 bridgehead atoms. The summed E-state index contributed by atoms with van der Waals surface area (Å²) in [5.41, 5.74) is 8.18. The molecule has 9 rings (SSSR count). The third-order valence-electron chi connectivity index (χ3n) is 7.79. The smallest absolute Gasteiger partial charge is 0.146 e. The summed E-state index contributed by atoms with van der Waals surface area (Å²) < 4.78 is 12.9. The van der Waals surface area contributed by atoms with E-state index in [4.69, 9.17) is 8.83 Å². The number of fused-ring (bicyclic) bond motifs is 14. The van der Waals surface area contributed by atoms with Crippen molar-refractivity contribution < 1.29 is 8.83 Å². The molecule has 0 aliphatic heterocycles. The average Bonchev–Trinajstić information content (AvgIpc) is 3.64. The normalized spacial score (nSPS) is 12.3. The number of aromatic amines is 1. The molecule has 1 N–H and O–H groups in total. The predicted molar refractivity (Wildman–Crippen MR) is 153 cm³/mol. The third kappa shape index (κ3) is 2.45. The van der Waals surface area contributed by atoms with Crippen molar-refractivity contribution in [2.45, 2.75) is 0 Å². The van der Waals surface area contributed by atoms with E-state index in [0.29, 0.717) is 0 Å². The van der Waals surface area contributed by atoms with Crippen LogP contribution in [0.1, 0.15) is 0 Å². The van der Waals surface area contributed by atoms with Gasteiger partial charge in [-0.15, -0.1) is 0 Å². The zero-order chi connectivity index (χ0) is 24.1. The van der Waals surface area contributed by atoms with Crippen molar-refractivity contribution in [3.63, 3.8) is 0 Å². The lowest BCUT2D eigenvalue weighted by Gasteiger charge is -2.05. The second-order valence-electron chi connectivity index (χ2n) is 9.76. The molecule has 0 radical (unpaired) electrons. The van der Waals surface area contributed by atoms with E-state index in [2.05, 4.69) is 96.0 Å². The van der Waals surface area contributed by atoms with Crippen molar-refractivity contribution >= 4 is 76.5 Å². The number of nitrogens with one attached hydrogen (secondary N) is 1. The molecule has 37 heavy (non-hydrogen) atoms. The Bertz CT molecular complexity index is 2350. The van der Waals surface area contributed by atoms with Crippen LogP contribution in [-0.2, 0) is 0 Å². The molecule has 3 heterocycles. The number of hydrogen-bond acceptors (Lipinski definition) is 2. The quantitative estimate of drug-likeness (QED) is 0.258. The summed E-state index contributed by atoms with van der Waals surface area (Å²) in [5.74, 6) is 0. The van der Waals surface area contributed by atoms with Gasteiger partial charge in [0.1, 0.15) is 22.3 Å². The monoisotopic (exact) mass is 473 g/mol. The van der Waals surface area contributed by atoms with Crippen LogP contribution < -0.4 is 0 Å². The van der Waals surface area contributed by atoms with Crippen molar-refractivity contribution in [3.8, 4) is 11.1 Å². The van der Waals surface area contributed by atoms with Crippen LogP contribution in [0.3, 0.4) is 0 Å². The van der Waals surface area contributed by atoms with Crippen LogP contribution in [0.2, 0.25) is 0 Å². The van der Waals surface area contributed by atoms with Crippen LogP contribution in [0.5, 0.6) is 0 Å². The molecule has 0 fully saturated rings. The Morgan fingerprint density at radius 1 is 0.432 bits per heavy atom. The Morgan fingerprint density at radius 3 is 1.97 bits per heavy atom. The fourth-order valence-corrected chi connectivity index (χ4v) is 6.20. The molecule has 0 unspecified atom stereocenters. The predicted octanol–water partition coefficient (Wildman–Crippen LogP) is 9.94. The first kappa shape index (κ1) is 19.2. The molecule has 0 amide bonds. The molecule has 172 valence electrons. The standard InChI is InChI=1S/C34H19NO2/c1-2-8-19(9-3-1)20-14-15-21-25(18-20)35-33-24-16-17-28-29(22-10-4-6-12-26(22)36-28)30(24)31-23-11-5-7-13-27(23)37-34(31)32(21)33/h1-18,35H. The number of benzene rings is 6. The minimum Gasteiger partial charge on any atom is -0.456 e. The number of furan rings is 2. The molecule has 3 nitrogen and oxygen atoms in total. The summed E-state index contributed by atoms with van der Waals surface area (Å²) >= 11 is 0. The molecule has 3 heteroatoms. The van der Waals surface area contributed by atoms with Gasteiger partial charge in [0.15, 0.2) is 0 Å². The first-order valence-electron chi connectivity index (χ1n) is 12.5. The van der Waals surface area contributed by atoms with E-state index < -0.39 is 0 Å². The van der Waals surface area contributed by atoms with Gasteiger partial charge < -0.3 is 13.8 Å². The van der Waals surface area contributed by atoms with Gasteiger partial charge in [-0.2, -0.15) is 0 Å². The summed E-state index contributed by atoms with van der Waals surface area (Å²) in [6, 6.07) is 38.1. The van der Waals surface area contributed by atoms with Crippen molar-refractivity contribution in [1.82, 2.24) is 4.98 Å². The molecule has 0 saturated carbocycles. The first-order valence-corrected chi connectivity index (χ1v) is 12.5. The fourth-order valence-electron chi connectivity index (χ4n) is 6.20. The van der Waals surface area contributed by atoms with E-state index in [9.17, 15) is 0 Å². The van der Waals surface area contributed by atoms with Gasteiger partial charge in [0, 0.05) is 43.2 Å². The zero-order valence-electron chi connectivity index (χ0n) is 19.7. The lowest BCUT2D eigenvalue weighted by Crippen LogP contribution is -1.81. The number of para-hydroxylation sites is 2. The lowest BCUT2D eigenvalue weighted by atomic mass is 9.95. The Kier molecular flexibility index (Phi) is 3.53. The number of rotatable bonds is 1. The van der Waals surface area contributed by atoms with Crippen LogP contribution >= 0.6 is 0 Å². The lowest BCUT2D eigenvalue weighted by molar-refractivity contribution is 0.669. The van der Waals surface area contributed by atoms with E-state index in [1.807, 2.05) is 18.2 Å². The molecule has 0 spiro atoms. The van der Waals surface area contributed by atoms with Crippen molar-refractivity contribution in [3.05, 3.63) is 109 Å². The number of aromatic nitrogens is 1. The molecule has 0 aliphatic rings. The minimum absolute atomic E-state index is 0.891. The Balaban J connectivity index is 1.55. The highest BCUT2D eigenvalue weighted by molar-refractivity contribution is 6.40. The Morgan fingerprint density at radius 2 is 1.14 bits per heavy atom. The maximum atomic E-state index is 6.64. The first-order chi connectivity index (χ1) is 18.3. The molecule has 0 aliphatic carbocycles. The SMILES string of the molecule is c1ccc(-c2ccc3c(c2)[nH]c2c4ccc5oc6ccccc6c5c4c4c5ccccc5oc4c32)cc1. The molecular weight excluding hydrogens is 454 g/mol. The van der Waals surface area contributed by atoms with Crippen LogP contribution in [0.15, 0.2) is 118 Å². The molecule has 6 aromatic carbocycles. The van der Waals surface area contributed by atoms with E-state index in [1.165, 1.54) is 21.9 Å². The topological polar surface area (TPSA) is 42.1 Å². The number of hydrogen-bond donors (Lipinski definition) is 1. The Labute approximate surface area is 210 Å². The fraction of sp³-hybridized carbons (Fsp3) is 0. The average molecular weight is 474 g/mol. The molecular formula is C34H19NO2. The van der Waals surface area contributed by atoms with Gasteiger partial charge in [-0.25, -0.2) is 0 Å². The largest absolute Gasteiger partial charge is 0.456 e. The highest BCUT2D eigenvalue weighted by atomic mass is 16.3. The Hall–Kier alpha value is -5.02. The van der Waals surface area contributed by atoms with E-state index in [1.54, 1.807) is 0 Å². The second-order valence-corrected chi connectivity index (χ2v) is 9.76. The van der Waals surface area contributed by atoms with Crippen LogP contribution in [0, 0.1) is 0 Å². The van der Waals surface area contributed by atoms with Crippen molar-refractivity contribution in [1.29, 1.82) is 0 Å². The zero-order valence-corrected chi connectivity index (χ0v) is 19.7. The van der Waals surface area contributed by atoms with Gasteiger partial charge in [-0.1, -0.05) is 78.9 Å². The van der Waals surface area contributed by atoms with Gasteiger partial charge >= 0.3 is 0 Å². The van der Waals surface area contributed by atoms with E-state index in [-0.39, 0.29) is 0 Å². The molecule has 0 saturated heterocycles. The maximum absolute atomic E-state index is 6.64. The summed E-state index contributed by atoms with van der Waals surface area (Å²) in [6.07, 6.45) is 0. The van der Waals surface area contributed by atoms with Crippen molar-refractivity contribution in [2.75, 3.05) is 0 Å². The van der Waals surface area contributed by atoms with Gasteiger partial charge in [-0.3, -0.25) is 0 Å². The minimum atomic E-state index is 0.891. The van der Waals surface area contributed by atoms with Gasteiger partial charge in [0.25, 0.3) is 0 Å². The van der Waals surface area contributed by atoms with Crippen molar-refractivity contribution in [2.24, 2.45) is 0 Å². The number of H-pyrrole nitrogens is 1. The molecule has 9 aromatic rings. The van der Waals surface area contributed by atoms with Gasteiger partial charge in [0.2, 0.25) is 0 Å². The van der Waals surface area contributed by atoms with E-state index >= 15 is 0 Å². The van der Waals surface area contributed by atoms with Crippen LogP contribution in [0.4, 0.5) is 0 Å². The summed E-state index contributed by atoms with van der Waals surface area (Å²) in [5, 5.41) is 9.15. The van der Waals surface area contributed by atoms with E-state index in [0.717, 1.165) is 65.7 Å². The maximum Gasteiger partial charge on any atom is 0.146 e. The summed E-state index contributed by atoms with van der Waals surface area (Å²) in [6.45, 7) is 0. The van der Waals surface area contributed by atoms with Crippen LogP contribution in [-0.4, -0.2) is 4.98 Å². The van der Waals surface area contributed by atoms with Gasteiger partial charge in [0.05, 0.1) is 10.9 Å². The highest BCUT2D eigenvalue weighted by Crippen LogP contribution is 2.47. The summed E-state index contributed by atoms with van der Waals surface area (Å²) in [4.78, 5) is 3.78. The summed E-state index contributed by atoms with van der Waals surface area (Å²) in [7, 11) is 0. The van der Waals surface area contributed by atoms with Crippen LogP contribution in [0.25, 0.3) is 87.6 Å². The third-order valence-corrected chi connectivity index (χ3v) is 7.79. The molecule has 3 aromatic heterocycles. The second kappa shape index (κ2) is 6.80. The molecule has 0 atom stereocenters. The van der Waals surface area contributed by atoms with Gasteiger partial charge in [-0.05, 0) is 41.5 Å².